The fraction of sp³-hybridized carbons (Fsp3) is 0.533. The normalized spacial score (nSPS) is 12.1. The van der Waals surface area contributed by atoms with Crippen molar-refractivity contribution in [3.63, 3.8) is 0 Å². The molecule has 0 spiro atoms. The number of thioether (sulfide) groups is 1. The highest BCUT2D eigenvalue weighted by molar-refractivity contribution is 8.00. The molecule has 0 aliphatic rings. The van der Waals surface area contributed by atoms with Crippen LogP contribution in [-0.4, -0.2) is 22.5 Å². The fourth-order valence-corrected chi connectivity index (χ4v) is 3.37. The van der Waals surface area contributed by atoms with Crippen LogP contribution in [0.25, 0.3) is 0 Å². The summed E-state index contributed by atoms with van der Waals surface area (Å²) in [5.74, 6) is 2.73. The summed E-state index contributed by atoms with van der Waals surface area (Å²) in [5, 5.41) is 6.19. The van der Waals surface area contributed by atoms with Gasteiger partial charge in [-0.3, -0.25) is 5.32 Å². The van der Waals surface area contributed by atoms with Gasteiger partial charge in [-0.1, -0.05) is 38.5 Å². The Morgan fingerprint density at radius 2 is 2.22 bits per heavy atom. The van der Waals surface area contributed by atoms with E-state index in [4.69, 9.17) is 4.42 Å². The first-order valence-corrected chi connectivity index (χ1v) is 9.48. The third-order valence-corrected chi connectivity index (χ3v) is 5.39. The van der Waals surface area contributed by atoms with Crippen LogP contribution in [0.2, 0.25) is 0 Å². The molecule has 0 saturated carbocycles. The number of oxazole rings is 1. The van der Waals surface area contributed by atoms with E-state index in [0.717, 1.165) is 22.8 Å². The van der Waals surface area contributed by atoms with E-state index in [1.807, 2.05) is 6.92 Å². The van der Waals surface area contributed by atoms with Crippen LogP contribution in [0.5, 0.6) is 0 Å². The number of hydrogen-bond donors (Lipinski definition) is 2. The zero-order valence-corrected chi connectivity index (χ0v) is 15.2. The molecule has 0 aromatic carbocycles. The Balaban J connectivity index is 1.77. The van der Waals surface area contributed by atoms with Crippen molar-refractivity contribution in [1.29, 1.82) is 0 Å². The number of hydrogen-bond acceptors (Lipinski definition) is 6. The van der Waals surface area contributed by atoms with Crippen molar-refractivity contribution in [2.45, 2.75) is 43.6 Å². The number of rotatable bonds is 8. The van der Waals surface area contributed by atoms with Crippen LogP contribution in [0.3, 0.4) is 0 Å². The fourth-order valence-electron chi connectivity index (χ4n) is 1.65. The molecule has 2 amide bonds. The Morgan fingerprint density at radius 1 is 1.39 bits per heavy atom. The van der Waals surface area contributed by atoms with Crippen LogP contribution in [-0.2, 0) is 12.2 Å². The molecule has 6 nitrogen and oxygen atoms in total. The molecular formula is C15H22N4O2S2. The molecule has 1 atom stereocenters. The molecule has 2 N–H and O–H groups in total. The Bertz CT molecular complexity index is 627. The first-order valence-electron chi connectivity index (χ1n) is 7.67. The van der Waals surface area contributed by atoms with Gasteiger partial charge in [-0.25, -0.2) is 14.8 Å². The number of anilines is 1. The predicted molar refractivity (Wildman–Crippen MR) is 94.0 cm³/mol. The van der Waals surface area contributed by atoms with Gasteiger partial charge in [-0.05, 0) is 5.92 Å². The minimum atomic E-state index is -0.212. The molecule has 0 aliphatic heterocycles. The Hall–Kier alpha value is -1.54. The standard InChI is InChI=1S/C15H22N4O2S2/c1-4-10(3)6-17-14(20)19-15-18-8-13(23-15)22-9-12-16-7-11(5-2)21-12/h7-8,10H,4-6,9H2,1-3H3,(H2,17,18,19,20). The van der Waals surface area contributed by atoms with E-state index in [-0.39, 0.29) is 6.03 Å². The quantitative estimate of drug-likeness (QED) is 0.696. The molecule has 2 aromatic rings. The highest BCUT2D eigenvalue weighted by Crippen LogP contribution is 2.30. The second-order valence-corrected chi connectivity index (χ2v) is 7.50. The van der Waals surface area contributed by atoms with Gasteiger partial charge in [0.15, 0.2) is 5.13 Å². The van der Waals surface area contributed by atoms with Crippen molar-refractivity contribution in [1.82, 2.24) is 15.3 Å². The first kappa shape index (κ1) is 17.8. The van der Waals surface area contributed by atoms with Gasteiger partial charge in [0.2, 0.25) is 5.89 Å². The third-order valence-electron chi connectivity index (χ3n) is 3.30. The summed E-state index contributed by atoms with van der Waals surface area (Å²) in [7, 11) is 0. The zero-order chi connectivity index (χ0) is 16.7. The largest absolute Gasteiger partial charge is 0.445 e. The lowest BCUT2D eigenvalue weighted by Gasteiger charge is -2.09. The van der Waals surface area contributed by atoms with E-state index in [9.17, 15) is 4.79 Å². The summed E-state index contributed by atoms with van der Waals surface area (Å²) >= 11 is 3.04. The Kier molecular flexibility index (Phi) is 6.91. The minimum Gasteiger partial charge on any atom is -0.445 e. The maximum Gasteiger partial charge on any atom is 0.321 e. The van der Waals surface area contributed by atoms with Crippen LogP contribution < -0.4 is 10.6 Å². The van der Waals surface area contributed by atoms with Gasteiger partial charge in [0.1, 0.15) is 5.76 Å². The third kappa shape index (κ3) is 5.87. The van der Waals surface area contributed by atoms with Crippen LogP contribution in [0.4, 0.5) is 9.93 Å². The molecule has 0 fully saturated rings. The Labute approximate surface area is 144 Å². The molecule has 23 heavy (non-hydrogen) atoms. The van der Waals surface area contributed by atoms with Crippen LogP contribution in [0.15, 0.2) is 21.0 Å². The maximum atomic E-state index is 11.8. The van der Waals surface area contributed by atoms with Crippen molar-refractivity contribution in [2.75, 3.05) is 11.9 Å². The molecular weight excluding hydrogens is 332 g/mol. The van der Waals surface area contributed by atoms with Crippen molar-refractivity contribution in [3.8, 4) is 0 Å². The molecule has 2 heterocycles. The van der Waals surface area contributed by atoms with Crippen LogP contribution in [0, 0.1) is 5.92 Å². The second-order valence-electron chi connectivity index (χ2n) is 5.20. The average molecular weight is 355 g/mol. The predicted octanol–water partition coefficient (Wildman–Crippen LogP) is 4.15. The number of aromatic nitrogens is 2. The maximum absolute atomic E-state index is 11.8. The summed E-state index contributed by atoms with van der Waals surface area (Å²) in [6.07, 6.45) is 5.40. The van der Waals surface area contributed by atoms with E-state index >= 15 is 0 Å². The topological polar surface area (TPSA) is 80.0 Å². The van der Waals surface area contributed by atoms with E-state index < -0.39 is 0 Å². The smallest absolute Gasteiger partial charge is 0.321 e. The molecule has 0 bridgehead atoms. The number of nitrogens with zero attached hydrogens (tertiary/aromatic N) is 2. The van der Waals surface area contributed by atoms with Gasteiger partial charge in [0.25, 0.3) is 0 Å². The summed E-state index contributed by atoms with van der Waals surface area (Å²) in [5.41, 5.74) is 0. The van der Waals surface area contributed by atoms with Gasteiger partial charge in [-0.2, -0.15) is 0 Å². The number of amides is 2. The van der Waals surface area contributed by atoms with Crippen LogP contribution >= 0.6 is 23.1 Å². The van der Waals surface area contributed by atoms with Crippen molar-refractivity contribution in [2.24, 2.45) is 5.92 Å². The number of urea groups is 1. The molecule has 8 heteroatoms. The summed E-state index contributed by atoms with van der Waals surface area (Å²) in [6.45, 7) is 6.90. The summed E-state index contributed by atoms with van der Waals surface area (Å²) in [6, 6.07) is -0.212. The molecule has 0 aliphatic carbocycles. The minimum absolute atomic E-state index is 0.212. The number of carbonyl (C=O) groups excluding carboxylic acids is 1. The number of carbonyl (C=O) groups is 1. The lowest BCUT2D eigenvalue weighted by Crippen LogP contribution is -2.32. The average Bonchev–Trinajstić information content (AvgIpc) is 3.19. The van der Waals surface area contributed by atoms with Gasteiger partial charge in [0.05, 0.1) is 22.4 Å². The van der Waals surface area contributed by atoms with E-state index in [0.29, 0.717) is 29.2 Å². The number of aryl methyl sites for hydroxylation is 1. The number of nitrogens with one attached hydrogen (secondary N) is 2. The summed E-state index contributed by atoms with van der Waals surface area (Å²) < 4.78 is 6.58. The van der Waals surface area contributed by atoms with Crippen molar-refractivity contribution in [3.05, 3.63) is 24.0 Å². The highest BCUT2D eigenvalue weighted by Gasteiger charge is 2.09. The molecule has 1 unspecified atom stereocenters. The monoisotopic (exact) mass is 354 g/mol. The molecule has 0 saturated heterocycles. The first-order chi connectivity index (χ1) is 11.1. The number of thiazole rings is 1. The van der Waals surface area contributed by atoms with Crippen LogP contribution in [0.1, 0.15) is 38.8 Å². The van der Waals surface area contributed by atoms with Crippen molar-refractivity contribution >= 4 is 34.3 Å². The van der Waals surface area contributed by atoms with Gasteiger partial charge in [-0.15, -0.1) is 11.8 Å². The van der Waals surface area contributed by atoms with E-state index in [1.54, 1.807) is 24.2 Å². The van der Waals surface area contributed by atoms with E-state index in [1.165, 1.54) is 11.3 Å². The van der Waals surface area contributed by atoms with Gasteiger partial charge in [0, 0.05) is 13.0 Å². The molecule has 126 valence electrons. The second kappa shape index (κ2) is 8.93. The van der Waals surface area contributed by atoms with Crippen molar-refractivity contribution < 1.29 is 9.21 Å². The molecule has 0 radical (unpaired) electrons. The van der Waals surface area contributed by atoms with Gasteiger partial charge < -0.3 is 9.73 Å². The summed E-state index contributed by atoms with van der Waals surface area (Å²) in [4.78, 5) is 20.2. The zero-order valence-electron chi connectivity index (χ0n) is 13.6. The lowest BCUT2D eigenvalue weighted by molar-refractivity contribution is 0.250. The lowest BCUT2D eigenvalue weighted by atomic mass is 10.1. The Morgan fingerprint density at radius 3 is 2.91 bits per heavy atom. The SMILES string of the molecule is CCc1cnc(CSc2cnc(NC(=O)NCC(C)CC)s2)o1. The molecule has 2 rings (SSSR count). The molecule has 2 aromatic heterocycles. The van der Waals surface area contributed by atoms with Gasteiger partial charge >= 0.3 is 6.03 Å². The highest BCUT2D eigenvalue weighted by atomic mass is 32.2. The van der Waals surface area contributed by atoms with E-state index in [2.05, 4.69) is 34.4 Å².